The predicted octanol–water partition coefficient (Wildman–Crippen LogP) is 11.4. The summed E-state index contributed by atoms with van der Waals surface area (Å²) in [5, 5.41) is 7.19. The highest BCUT2D eigenvalue weighted by Crippen LogP contribution is 2.42. The fourth-order valence-electron chi connectivity index (χ4n) is 7.39. The van der Waals surface area contributed by atoms with E-state index in [0.717, 1.165) is 44.4 Å². The van der Waals surface area contributed by atoms with E-state index in [-0.39, 0.29) is 0 Å². The Morgan fingerprint density at radius 3 is 1.60 bits per heavy atom. The van der Waals surface area contributed by atoms with Gasteiger partial charge in [0.25, 0.3) is 0 Å². The van der Waals surface area contributed by atoms with E-state index in [2.05, 4.69) is 167 Å². The summed E-state index contributed by atoms with van der Waals surface area (Å²) in [5.74, 6) is 0. The molecule has 0 saturated heterocycles. The SMILES string of the molecule is c1ccc(-n2c3ccccc3c3cc(-c4cccc5c4oc4c(-n6c7ccccc7c7ccccc76)cccc45)ccc32)cc1. The van der Waals surface area contributed by atoms with E-state index in [1.165, 1.54) is 43.6 Å². The summed E-state index contributed by atoms with van der Waals surface area (Å²) >= 11 is 0. The highest BCUT2D eigenvalue weighted by atomic mass is 16.3. The second-order valence-electron chi connectivity index (χ2n) is 11.7. The molecule has 0 radical (unpaired) electrons. The van der Waals surface area contributed by atoms with Crippen LogP contribution < -0.4 is 0 Å². The minimum atomic E-state index is 0.896. The van der Waals surface area contributed by atoms with E-state index in [1.807, 2.05) is 0 Å². The molecule has 7 aromatic carbocycles. The second kappa shape index (κ2) is 9.22. The van der Waals surface area contributed by atoms with Crippen molar-refractivity contribution in [3.05, 3.63) is 158 Å². The molecule has 0 atom stereocenters. The minimum Gasteiger partial charge on any atom is -0.453 e. The van der Waals surface area contributed by atoms with E-state index in [1.54, 1.807) is 0 Å². The molecule has 0 bridgehead atoms. The van der Waals surface area contributed by atoms with Crippen molar-refractivity contribution in [2.75, 3.05) is 0 Å². The number of aromatic nitrogens is 2. The van der Waals surface area contributed by atoms with Crippen LogP contribution in [-0.2, 0) is 0 Å². The molecule has 0 unspecified atom stereocenters. The van der Waals surface area contributed by atoms with Crippen LogP contribution >= 0.6 is 0 Å². The minimum absolute atomic E-state index is 0.896. The van der Waals surface area contributed by atoms with E-state index in [9.17, 15) is 0 Å². The maximum Gasteiger partial charge on any atom is 0.159 e. The summed E-state index contributed by atoms with van der Waals surface area (Å²) < 4.78 is 11.6. The third-order valence-electron chi connectivity index (χ3n) is 9.32. The fourth-order valence-corrected chi connectivity index (χ4v) is 7.39. The molecular formula is C42H26N2O. The van der Waals surface area contributed by atoms with Crippen LogP contribution in [0.15, 0.2) is 162 Å². The zero-order valence-electron chi connectivity index (χ0n) is 24.3. The molecule has 10 aromatic rings. The molecule has 210 valence electrons. The lowest BCUT2D eigenvalue weighted by Crippen LogP contribution is -1.93. The lowest BCUT2D eigenvalue weighted by Gasteiger charge is -2.08. The lowest BCUT2D eigenvalue weighted by atomic mass is 10.00. The van der Waals surface area contributed by atoms with E-state index in [4.69, 9.17) is 4.42 Å². The number of fused-ring (bicyclic) bond motifs is 9. The standard InChI is InChI=1S/C42H26N2O/c1-2-12-28(13-3-1)43-36-20-7-6-16-32(36)35-26-27(24-25-39(35)43)29-17-10-18-33-34-19-11-23-40(42(34)45-41(29)33)44-37-21-8-4-14-30(37)31-15-5-9-22-38(31)44/h1-26H. The number of para-hydroxylation sites is 6. The molecule has 10 rings (SSSR count). The van der Waals surface area contributed by atoms with Gasteiger partial charge in [0.2, 0.25) is 0 Å². The first-order chi connectivity index (χ1) is 22.3. The molecule has 3 aromatic heterocycles. The zero-order valence-corrected chi connectivity index (χ0v) is 24.3. The van der Waals surface area contributed by atoms with E-state index >= 15 is 0 Å². The predicted molar refractivity (Wildman–Crippen MR) is 188 cm³/mol. The summed E-state index contributed by atoms with van der Waals surface area (Å²) in [6.45, 7) is 0. The Morgan fingerprint density at radius 2 is 0.889 bits per heavy atom. The lowest BCUT2D eigenvalue weighted by molar-refractivity contribution is 0.667. The van der Waals surface area contributed by atoms with Gasteiger partial charge in [0.05, 0.1) is 27.8 Å². The quantitative estimate of drug-likeness (QED) is 0.206. The molecule has 0 N–H and O–H groups in total. The first-order valence-corrected chi connectivity index (χ1v) is 15.4. The van der Waals surface area contributed by atoms with Gasteiger partial charge in [-0.05, 0) is 54.1 Å². The van der Waals surface area contributed by atoms with Crippen molar-refractivity contribution in [1.82, 2.24) is 9.13 Å². The number of benzene rings is 7. The largest absolute Gasteiger partial charge is 0.453 e. The Balaban J connectivity index is 1.23. The molecule has 45 heavy (non-hydrogen) atoms. The molecule has 0 aliphatic carbocycles. The molecule has 3 nitrogen and oxygen atoms in total. The van der Waals surface area contributed by atoms with Crippen molar-refractivity contribution in [2.24, 2.45) is 0 Å². The molecule has 0 aliphatic heterocycles. The Bertz CT molecular complexity index is 2710. The molecule has 0 amide bonds. The normalized spacial score (nSPS) is 12.0. The first kappa shape index (κ1) is 24.4. The first-order valence-electron chi connectivity index (χ1n) is 15.4. The summed E-state index contributed by atoms with van der Waals surface area (Å²) in [7, 11) is 0. The van der Waals surface area contributed by atoms with Gasteiger partial charge in [-0.3, -0.25) is 0 Å². The summed E-state index contributed by atoms with van der Waals surface area (Å²) in [6, 6.07) is 56.3. The van der Waals surface area contributed by atoms with Gasteiger partial charge in [0.1, 0.15) is 5.58 Å². The van der Waals surface area contributed by atoms with Gasteiger partial charge in [-0.25, -0.2) is 0 Å². The van der Waals surface area contributed by atoms with Gasteiger partial charge in [-0.2, -0.15) is 0 Å². The van der Waals surface area contributed by atoms with Crippen LogP contribution in [0, 0.1) is 0 Å². The third kappa shape index (κ3) is 3.41. The van der Waals surface area contributed by atoms with Crippen LogP contribution in [0.2, 0.25) is 0 Å². The van der Waals surface area contributed by atoms with Crippen molar-refractivity contribution in [3.63, 3.8) is 0 Å². The summed E-state index contributed by atoms with van der Waals surface area (Å²) in [4.78, 5) is 0. The zero-order chi connectivity index (χ0) is 29.5. The van der Waals surface area contributed by atoms with Crippen molar-refractivity contribution in [2.45, 2.75) is 0 Å². The molecule has 0 fully saturated rings. The van der Waals surface area contributed by atoms with Gasteiger partial charge in [-0.1, -0.05) is 109 Å². The van der Waals surface area contributed by atoms with Crippen LogP contribution in [0.25, 0.3) is 88.1 Å². The topological polar surface area (TPSA) is 23.0 Å². The highest BCUT2D eigenvalue weighted by molar-refractivity contribution is 6.15. The number of furan rings is 1. The fraction of sp³-hybridized carbons (Fsp3) is 0. The number of hydrogen-bond acceptors (Lipinski definition) is 1. The average Bonchev–Trinajstić information content (AvgIpc) is 3.76. The molecule has 0 aliphatic rings. The Morgan fingerprint density at radius 1 is 0.356 bits per heavy atom. The summed E-state index contributed by atoms with van der Waals surface area (Å²) in [5.41, 5.74) is 11.0. The maximum atomic E-state index is 6.94. The summed E-state index contributed by atoms with van der Waals surface area (Å²) in [6.07, 6.45) is 0. The highest BCUT2D eigenvalue weighted by Gasteiger charge is 2.20. The van der Waals surface area contributed by atoms with Crippen LogP contribution in [0.5, 0.6) is 0 Å². The molecular weight excluding hydrogens is 548 g/mol. The van der Waals surface area contributed by atoms with Crippen LogP contribution in [0.4, 0.5) is 0 Å². The monoisotopic (exact) mass is 574 g/mol. The number of hydrogen-bond donors (Lipinski definition) is 0. The molecule has 0 spiro atoms. The van der Waals surface area contributed by atoms with Gasteiger partial charge in [0.15, 0.2) is 5.58 Å². The number of nitrogens with zero attached hydrogens (tertiary/aromatic N) is 2. The van der Waals surface area contributed by atoms with Crippen LogP contribution in [-0.4, -0.2) is 9.13 Å². The van der Waals surface area contributed by atoms with Gasteiger partial charge in [0, 0.05) is 43.6 Å². The van der Waals surface area contributed by atoms with Crippen molar-refractivity contribution in [3.8, 4) is 22.5 Å². The van der Waals surface area contributed by atoms with Crippen molar-refractivity contribution < 1.29 is 4.42 Å². The Labute approximate surface area is 258 Å². The van der Waals surface area contributed by atoms with Gasteiger partial charge < -0.3 is 13.6 Å². The van der Waals surface area contributed by atoms with Gasteiger partial charge in [-0.15, -0.1) is 0 Å². The Kier molecular flexibility index (Phi) is 5.00. The second-order valence-corrected chi connectivity index (χ2v) is 11.7. The number of rotatable bonds is 3. The van der Waals surface area contributed by atoms with E-state index < -0.39 is 0 Å². The van der Waals surface area contributed by atoms with Crippen molar-refractivity contribution >= 4 is 65.6 Å². The molecule has 3 heterocycles. The average molecular weight is 575 g/mol. The van der Waals surface area contributed by atoms with Crippen LogP contribution in [0.3, 0.4) is 0 Å². The molecule has 3 heteroatoms. The van der Waals surface area contributed by atoms with E-state index in [0.29, 0.717) is 0 Å². The smallest absolute Gasteiger partial charge is 0.159 e. The third-order valence-corrected chi connectivity index (χ3v) is 9.32. The van der Waals surface area contributed by atoms with Gasteiger partial charge >= 0.3 is 0 Å². The maximum absolute atomic E-state index is 6.94. The van der Waals surface area contributed by atoms with Crippen molar-refractivity contribution in [1.29, 1.82) is 0 Å². The Hall–Kier alpha value is -6.06. The van der Waals surface area contributed by atoms with Crippen LogP contribution in [0.1, 0.15) is 0 Å². The molecule has 0 saturated carbocycles.